The molecule has 1 N–H and O–H groups in total. The smallest absolute Gasteiger partial charge is 0.307 e. The Morgan fingerprint density at radius 2 is 2.08 bits per heavy atom. The molecule has 0 aliphatic rings. The number of hydrogen-bond donors (Lipinski definition) is 1. The normalized spacial score (nSPS) is 11.4. The lowest BCUT2D eigenvalue weighted by Crippen LogP contribution is -2.00. The topological polar surface area (TPSA) is 68.3 Å². The first kappa shape index (κ1) is 14.8. The van der Waals surface area contributed by atoms with Crippen LogP contribution in [0.3, 0.4) is 0 Å². The molecule has 0 saturated heterocycles. The molecule has 0 spiro atoms. The lowest BCUT2D eigenvalue weighted by Gasteiger charge is -2.01. The summed E-state index contributed by atoms with van der Waals surface area (Å²) in [6, 6.07) is 13.0. The number of aliphatic carboxylic acids is 1. The summed E-state index contributed by atoms with van der Waals surface area (Å²) in [5.41, 5.74) is 3.16. The lowest BCUT2D eigenvalue weighted by molar-refractivity contribution is -0.136. The van der Waals surface area contributed by atoms with Crippen molar-refractivity contribution in [1.82, 2.24) is 9.55 Å². The maximum absolute atomic E-state index is 11.1. The van der Waals surface area contributed by atoms with Gasteiger partial charge in [-0.1, -0.05) is 23.7 Å². The Bertz CT molecular complexity index is 1030. The van der Waals surface area contributed by atoms with E-state index in [1.807, 2.05) is 41.1 Å². The van der Waals surface area contributed by atoms with E-state index in [0.29, 0.717) is 17.5 Å². The second-order valence-corrected chi connectivity index (χ2v) is 6.03. The van der Waals surface area contributed by atoms with Crippen molar-refractivity contribution in [2.45, 2.75) is 13.0 Å². The summed E-state index contributed by atoms with van der Waals surface area (Å²) >= 11 is 6.06. The van der Waals surface area contributed by atoms with Crippen molar-refractivity contribution in [2.75, 3.05) is 0 Å². The van der Waals surface area contributed by atoms with Crippen LogP contribution in [0.2, 0.25) is 5.02 Å². The van der Waals surface area contributed by atoms with E-state index in [4.69, 9.17) is 21.1 Å². The summed E-state index contributed by atoms with van der Waals surface area (Å²) in [6.45, 7) is 0.423. The summed E-state index contributed by atoms with van der Waals surface area (Å²) < 4.78 is 7.70. The first-order valence-corrected chi connectivity index (χ1v) is 7.81. The highest BCUT2D eigenvalue weighted by atomic mass is 35.5. The van der Waals surface area contributed by atoms with E-state index >= 15 is 0 Å². The maximum Gasteiger partial charge on any atom is 0.307 e. The fourth-order valence-electron chi connectivity index (χ4n) is 2.91. The molecule has 0 atom stereocenters. The molecule has 4 aromatic rings. The Labute approximate surface area is 142 Å². The number of carbonyl (C=O) groups is 1. The van der Waals surface area contributed by atoms with Crippen molar-refractivity contribution in [2.24, 2.45) is 0 Å². The van der Waals surface area contributed by atoms with Crippen LogP contribution in [-0.4, -0.2) is 20.6 Å². The first-order valence-electron chi connectivity index (χ1n) is 7.43. The number of carboxylic acid groups (broad SMARTS) is 1. The van der Waals surface area contributed by atoms with Gasteiger partial charge in [0.2, 0.25) is 5.89 Å². The first-order chi connectivity index (χ1) is 11.6. The molecule has 0 amide bonds. The molecule has 0 fully saturated rings. The van der Waals surface area contributed by atoms with Crippen LogP contribution < -0.4 is 0 Å². The quantitative estimate of drug-likeness (QED) is 0.607. The van der Waals surface area contributed by atoms with Crippen molar-refractivity contribution in [3.05, 3.63) is 65.1 Å². The summed E-state index contributed by atoms with van der Waals surface area (Å²) in [5, 5.41) is 10.5. The van der Waals surface area contributed by atoms with Crippen LogP contribution >= 0.6 is 11.6 Å². The molecule has 2 aromatic heterocycles. The van der Waals surface area contributed by atoms with E-state index in [-0.39, 0.29) is 6.42 Å². The number of fused-ring (bicyclic) bond motifs is 2. The van der Waals surface area contributed by atoms with Gasteiger partial charge in [0, 0.05) is 22.1 Å². The molecule has 0 bridgehead atoms. The van der Waals surface area contributed by atoms with Gasteiger partial charge in [-0.05, 0) is 35.9 Å². The molecule has 2 aromatic carbocycles. The van der Waals surface area contributed by atoms with E-state index < -0.39 is 5.97 Å². The SMILES string of the molecule is O=C(O)Cc1cn(Cc2nc3ccccc3o2)c2ccc(Cl)cc12. The fraction of sp³-hybridized carbons (Fsp3) is 0.111. The third kappa shape index (κ3) is 2.63. The number of benzene rings is 2. The van der Waals surface area contributed by atoms with Crippen LogP contribution in [0.5, 0.6) is 0 Å². The second-order valence-electron chi connectivity index (χ2n) is 5.59. The average molecular weight is 341 g/mol. The third-order valence-electron chi connectivity index (χ3n) is 3.91. The second kappa shape index (κ2) is 5.69. The van der Waals surface area contributed by atoms with Gasteiger partial charge in [0.05, 0.1) is 13.0 Å². The molecule has 5 nitrogen and oxygen atoms in total. The van der Waals surface area contributed by atoms with E-state index in [9.17, 15) is 4.79 Å². The molecule has 0 radical (unpaired) electrons. The molecule has 4 rings (SSSR count). The number of oxazole rings is 1. The van der Waals surface area contributed by atoms with E-state index in [1.54, 1.807) is 12.1 Å². The summed E-state index contributed by atoms with van der Waals surface area (Å²) in [7, 11) is 0. The van der Waals surface area contributed by atoms with Gasteiger partial charge < -0.3 is 14.1 Å². The van der Waals surface area contributed by atoms with E-state index in [0.717, 1.165) is 27.6 Å². The number of carboxylic acids is 1. The zero-order chi connectivity index (χ0) is 16.7. The molecule has 0 aliphatic carbocycles. The lowest BCUT2D eigenvalue weighted by atomic mass is 10.1. The van der Waals surface area contributed by atoms with Crippen molar-refractivity contribution < 1.29 is 14.3 Å². The molecule has 6 heteroatoms. The molecule has 0 unspecified atom stereocenters. The molecule has 24 heavy (non-hydrogen) atoms. The van der Waals surface area contributed by atoms with Gasteiger partial charge >= 0.3 is 5.97 Å². The third-order valence-corrected chi connectivity index (χ3v) is 4.15. The van der Waals surface area contributed by atoms with E-state index in [2.05, 4.69) is 4.98 Å². The van der Waals surface area contributed by atoms with Gasteiger partial charge in [-0.3, -0.25) is 4.79 Å². The van der Waals surface area contributed by atoms with Crippen LogP contribution in [0, 0.1) is 0 Å². The predicted octanol–water partition coefficient (Wildman–Crippen LogP) is 4.11. The van der Waals surface area contributed by atoms with Crippen LogP contribution in [0.1, 0.15) is 11.5 Å². The average Bonchev–Trinajstić information content (AvgIpc) is 3.08. The number of para-hydroxylation sites is 2. The Kier molecular flexibility index (Phi) is 3.50. The van der Waals surface area contributed by atoms with Crippen LogP contribution in [0.15, 0.2) is 53.1 Å². The standard InChI is InChI=1S/C18H13ClN2O3/c19-12-5-6-15-13(8-12)11(7-18(22)23)9-21(15)10-17-20-14-3-1-2-4-16(14)24-17/h1-6,8-9H,7,10H2,(H,22,23). The Hall–Kier alpha value is -2.79. The van der Waals surface area contributed by atoms with Crippen molar-refractivity contribution in [3.8, 4) is 0 Å². The minimum Gasteiger partial charge on any atom is -0.481 e. The minimum atomic E-state index is -0.879. The highest BCUT2D eigenvalue weighted by Gasteiger charge is 2.14. The largest absolute Gasteiger partial charge is 0.481 e. The highest BCUT2D eigenvalue weighted by Crippen LogP contribution is 2.27. The predicted molar refractivity (Wildman–Crippen MR) is 91.4 cm³/mol. The van der Waals surface area contributed by atoms with Gasteiger partial charge in [0.1, 0.15) is 5.52 Å². The monoisotopic (exact) mass is 340 g/mol. The molecule has 2 heterocycles. The van der Waals surface area contributed by atoms with Crippen molar-refractivity contribution in [1.29, 1.82) is 0 Å². The molecule has 0 saturated carbocycles. The number of halogens is 1. The maximum atomic E-state index is 11.1. The number of rotatable bonds is 4. The zero-order valence-corrected chi connectivity index (χ0v) is 13.3. The summed E-state index contributed by atoms with van der Waals surface area (Å²) in [4.78, 5) is 15.6. The number of hydrogen-bond acceptors (Lipinski definition) is 3. The highest BCUT2D eigenvalue weighted by molar-refractivity contribution is 6.31. The molecule has 120 valence electrons. The van der Waals surface area contributed by atoms with Crippen molar-refractivity contribution >= 4 is 39.6 Å². The van der Waals surface area contributed by atoms with Gasteiger partial charge in [-0.15, -0.1) is 0 Å². The number of nitrogens with zero attached hydrogens (tertiary/aromatic N) is 2. The van der Waals surface area contributed by atoms with Crippen LogP contribution in [0.4, 0.5) is 0 Å². The number of aromatic nitrogens is 2. The summed E-state index contributed by atoms with van der Waals surface area (Å²) in [6.07, 6.45) is 1.77. The van der Waals surface area contributed by atoms with Gasteiger partial charge in [0.25, 0.3) is 0 Å². The van der Waals surface area contributed by atoms with Crippen LogP contribution in [0.25, 0.3) is 22.0 Å². The molecular weight excluding hydrogens is 328 g/mol. The Morgan fingerprint density at radius 1 is 1.25 bits per heavy atom. The van der Waals surface area contributed by atoms with Crippen molar-refractivity contribution in [3.63, 3.8) is 0 Å². The zero-order valence-electron chi connectivity index (χ0n) is 12.6. The van der Waals surface area contributed by atoms with Gasteiger partial charge in [-0.25, -0.2) is 4.98 Å². The molecular formula is C18H13ClN2O3. The molecule has 0 aliphatic heterocycles. The van der Waals surface area contributed by atoms with Gasteiger partial charge in [0.15, 0.2) is 5.58 Å². The minimum absolute atomic E-state index is 0.0581. The van der Waals surface area contributed by atoms with Gasteiger partial charge in [-0.2, -0.15) is 0 Å². The van der Waals surface area contributed by atoms with E-state index in [1.165, 1.54) is 0 Å². The Balaban J connectivity index is 1.79. The fourth-order valence-corrected chi connectivity index (χ4v) is 3.08. The Morgan fingerprint density at radius 3 is 2.88 bits per heavy atom. The van der Waals surface area contributed by atoms with Crippen LogP contribution in [-0.2, 0) is 17.8 Å². The summed E-state index contributed by atoms with van der Waals surface area (Å²) in [5.74, 6) is -0.305.